The summed E-state index contributed by atoms with van der Waals surface area (Å²) in [7, 11) is 0. The quantitative estimate of drug-likeness (QED) is 0.264. The van der Waals surface area contributed by atoms with E-state index in [1.54, 1.807) is 19.1 Å². The molecule has 4 rings (SSSR count). The zero-order chi connectivity index (χ0) is 23.9. The van der Waals surface area contributed by atoms with E-state index >= 15 is 0 Å². The number of thiophene rings is 1. The summed E-state index contributed by atoms with van der Waals surface area (Å²) in [4.78, 5) is 26.1. The topological polar surface area (TPSA) is 55.4 Å². The maximum absolute atomic E-state index is 13.3. The van der Waals surface area contributed by atoms with E-state index in [0.717, 1.165) is 24.0 Å². The summed E-state index contributed by atoms with van der Waals surface area (Å²) in [6.45, 7) is 2.00. The van der Waals surface area contributed by atoms with Gasteiger partial charge in [0.1, 0.15) is 10.6 Å². The van der Waals surface area contributed by atoms with Gasteiger partial charge in [0.25, 0.3) is 5.91 Å². The van der Waals surface area contributed by atoms with Gasteiger partial charge in [-0.1, -0.05) is 72.3 Å². The molecule has 0 spiro atoms. The van der Waals surface area contributed by atoms with E-state index < -0.39 is 5.97 Å². The third kappa shape index (κ3) is 5.56. The summed E-state index contributed by atoms with van der Waals surface area (Å²) < 4.78 is 5.30. The number of hydrogen-bond donors (Lipinski definition) is 1. The summed E-state index contributed by atoms with van der Waals surface area (Å²) in [5.74, 6) is -0.722. The smallest absolute Gasteiger partial charge is 0.341 e. The first-order chi connectivity index (χ1) is 16.6. The highest BCUT2D eigenvalue weighted by molar-refractivity contribution is 7.15. The fraction of sp³-hybridized carbons (Fsp3) is 0.143. The van der Waals surface area contributed by atoms with Gasteiger partial charge in [-0.2, -0.15) is 0 Å². The van der Waals surface area contributed by atoms with E-state index in [1.165, 1.54) is 16.9 Å². The molecule has 0 aliphatic heterocycles. The average Bonchev–Trinajstić information content (AvgIpc) is 3.27. The minimum atomic E-state index is -0.471. The molecule has 0 radical (unpaired) electrons. The molecule has 0 saturated carbocycles. The molecular formula is C28H24ClNO3S. The van der Waals surface area contributed by atoms with E-state index in [9.17, 15) is 9.59 Å². The number of halogens is 1. The van der Waals surface area contributed by atoms with Crippen molar-refractivity contribution in [2.75, 3.05) is 11.9 Å². The number of carbonyl (C=O) groups is 2. The monoisotopic (exact) mass is 489 g/mol. The fourth-order valence-corrected chi connectivity index (χ4v) is 4.83. The van der Waals surface area contributed by atoms with Crippen molar-refractivity contribution in [3.8, 4) is 11.1 Å². The second-order valence-electron chi connectivity index (χ2n) is 7.68. The van der Waals surface area contributed by atoms with Crippen molar-refractivity contribution in [3.05, 3.63) is 112 Å². The Bertz CT molecular complexity index is 1280. The predicted molar refractivity (Wildman–Crippen MR) is 139 cm³/mol. The van der Waals surface area contributed by atoms with Gasteiger partial charge in [-0.3, -0.25) is 4.79 Å². The van der Waals surface area contributed by atoms with E-state index in [1.807, 2.05) is 60.0 Å². The van der Waals surface area contributed by atoms with Gasteiger partial charge in [0.05, 0.1) is 6.61 Å². The van der Waals surface area contributed by atoms with E-state index in [-0.39, 0.29) is 12.5 Å². The van der Waals surface area contributed by atoms with Crippen LogP contribution in [0, 0.1) is 0 Å². The van der Waals surface area contributed by atoms with Crippen molar-refractivity contribution >= 4 is 39.8 Å². The van der Waals surface area contributed by atoms with Crippen LogP contribution in [0.2, 0.25) is 5.02 Å². The third-order valence-corrected chi connectivity index (χ3v) is 6.59. The van der Waals surface area contributed by atoms with Gasteiger partial charge in [0.15, 0.2) is 0 Å². The van der Waals surface area contributed by atoms with Crippen LogP contribution in [-0.4, -0.2) is 18.5 Å². The largest absolute Gasteiger partial charge is 0.462 e. The second-order valence-corrected chi connectivity index (χ2v) is 8.99. The zero-order valence-electron chi connectivity index (χ0n) is 18.7. The molecule has 6 heteroatoms. The molecule has 0 saturated heterocycles. The lowest BCUT2D eigenvalue weighted by Crippen LogP contribution is -2.16. The maximum Gasteiger partial charge on any atom is 0.341 e. The van der Waals surface area contributed by atoms with Crippen molar-refractivity contribution in [2.24, 2.45) is 0 Å². The Balaban J connectivity index is 1.61. The standard InChI is InChI=1S/C28H24ClNO3S/c1-2-33-28(32)25-24(21-14-16-22(29)17-15-21)18-34-27(25)30-26(31)23-11-7-6-10-20(23)13-12-19-8-4-3-5-9-19/h3-11,14-18H,2,12-13H2,1H3,(H,30,31). The van der Waals surface area contributed by atoms with Gasteiger partial charge in [-0.15, -0.1) is 11.3 Å². The molecule has 1 N–H and O–H groups in total. The number of esters is 1. The van der Waals surface area contributed by atoms with E-state index in [4.69, 9.17) is 16.3 Å². The SMILES string of the molecule is CCOC(=O)c1c(-c2ccc(Cl)cc2)csc1NC(=O)c1ccccc1CCc1ccccc1. The van der Waals surface area contributed by atoms with Gasteiger partial charge in [0.2, 0.25) is 0 Å². The molecular weight excluding hydrogens is 466 g/mol. The van der Waals surface area contributed by atoms with Crippen molar-refractivity contribution in [2.45, 2.75) is 19.8 Å². The van der Waals surface area contributed by atoms with Gasteiger partial charge >= 0.3 is 5.97 Å². The Labute approximate surface area is 208 Å². The fourth-order valence-electron chi connectivity index (χ4n) is 3.75. The lowest BCUT2D eigenvalue weighted by molar-refractivity contribution is 0.0529. The molecule has 172 valence electrons. The molecule has 1 amide bonds. The Morgan fingerprint density at radius 2 is 1.62 bits per heavy atom. The van der Waals surface area contributed by atoms with Crippen LogP contribution in [0.3, 0.4) is 0 Å². The number of amides is 1. The highest BCUT2D eigenvalue weighted by Crippen LogP contribution is 2.37. The van der Waals surface area contributed by atoms with Crippen molar-refractivity contribution < 1.29 is 14.3 Å². The molecule has 1 aromatic heterocycles. The van der Waals surface area contributed by atoms with Crippen LogP contribution in [-0.2, 0) is 17.6 Å². The van der Waals surface area contributed by atoms with Gasteiger partial charge < -0.3 is 10.1 Å². The summed E-state index contributed by atoms with van der Waals surface area (Å²) in [6.07, 6.45) is 1.57. The predicted octanol–water partition coefficient (Wildman–Crippen LogP) is 7.28. The van der Waals surface area contributed by atoms with Crippen LogP contribution < -0.4 is 5.32 Å². The lowest BCUT2D eigenvalue weighted by Gasteiger charge is -2.12. The summed E-state index contributed by atoms with van der Waals surface area (Å²) in [6, 6.07) is 25.0. The summed E-state index contributed by atoms with van der Waals surface area (Å²) >= 11 is 7.33. The van der Waals surface area contributed by atoms with Crippen molar-refractivity contribution in [1.29, 1.82) is 0 Å². The molecule has 0 fully saturated rings. The lowest BCUT2D eigenvalue weighted by atomic mass is 9.99. The Morgan fingerprint density at radius 1 is 0.912 bits per heavy atom. The van der Waals surface area contributed by atoms with Gasteiger partial charge in [0, 0.05) is 21.5 Å². The Morgan fingerprint density at radius 3 is 2.35 bits per heavy atom. The summed E-state index contributed by atoms with van der Waals surface area (Å²) in [5, 5.41) is 5.89. The van der Waals surface area contributed by atoms with E-state index in [2.05, 4.69) is 17.4 Å². The highest BCUT2D eigenvalue weighted by atomic mass is 35.5. The molecule has 34 heavy (non-hydrogen) atoms. The third-order valence-electron chi connectivity index (χ3n) is 5.44. The minimum absolute atomic E-state index is 0.241. The van der Waals surface area contributed by atoms with Crippen LogP contribution in [0.1, 0.15) is 38.8 Å². The molecule has 1 heterocycles. The van der Waals surface area contributed by atoms with Gasteiger partial charge in [-0.05, 0) is 54.7 Å². The second kappa shape index (κ2) is 11.1. The molecule has 0 aliphatic carbocycles. The summed E-state index contributed by atoms with van der Waals surface area (Å²) in [5.41, 5.74) is 4.64. The van der Waals surface area contributed by atoms with Crippen molar-refractivity contribution in [1.82, 2.24) is 0 Å². The first-order valence-corrected chi connectivity index (χ1v) is 12.3. The first kappa shape index (κ1) is 23.7. The number of nitrogens with one attached hydrogen (secondary N) is 1. The molecule has 4 aromatic rings. The number of ether oxygens (including phenoxy) is 1. The van der Waals surface area contributed by atoms with Crippen LogP contribution in [0.15, 0.2) is 84.2 Å². The van der Waals surface area contributed by atoms with Crippen LogP contribution in [0.4, 0.5) is 5.00 Å². The van der Waals surface area contributed by atoms with Crippen molar-refractivity contribution in [3.63, 3.8) is 0 Å². The normalized spacial score (nSPS) is 10.6. The molecule has 0 unspecified atom stereocenters. The van der Waals surface area contributed by atoms with Crippen LogP contribution >= 0.6 is 22.9 Å². The molecule has 0 aliphatic rings. The highest BCUT2D eigenvalue weighted by Gasteiger charge is 2.23. The number of rotatable bonds is 8. The number of hydrogen-bond acceptors (Lipinski definition) is 4. The van der Waals surface area contributed by atoms with Crippen LogP contribution in [0.5, 0.6) is 0 Å². The zero-order valence-corrected chi connectivity index (χ0v) is 20.3. The first-order valence-electron chi connectivity index (χ1n) is 11.0. The number of aryl methyl sites for hydroxylation is 2. The Hall–Kier alpha value is -3.41. The maximum atomic E-state index is 13.3. The molecule has 4 nitrogen and oxygen atoms in total. The average molecular weight is 490 g/mol. The number of carbonyl (C=O) groups excluding carboxylic acids is 2. The van der Waals surface area contributed by atoms with E-state index in [0.29, 0.717) is 26.7 Å². The minimum Gasteiger partial charge on any atom is -0.462 e. The van der Waals surface area contributed by atoms with Crippen LogP contribution in [0.25, 0.3) is 11.1 Å². The molecule has 0 bridgehead atoms. The van der Waals surface area contributed by atoms with Gasteiger partial charge in [-0.25, -0.2) is 4.79 Å². The number of anilines is 1. The molecule has 3 aromatic carbocycles. The Kier molecular flexibility index (Phi) is 7.78. The number of benzene rings is 3. The molecule has 0 atom stereocenters.